The second-order valence-electron chi connectivity index (χ2n) is 4.54. The average molecular weight is 365 g/mol. The highest BCUT2D eigenvalue weighted by Crippen LogP contribution is 2.39. The fraction of sp³-hybridized carbons (Fsp3) is 0.235. The van der Waals surface area contributed by atoms with Gasteiger partial charge < -0.3 is 14.2 Å². The Bertz CT molecular complexity index is 615. The minimum absolute atomic E-state index is 0.0498. The Morgan fingerprint density at radius 3 is 2.14 bits per heavy atom. The van der Waals surface area contributed by atoms with E-state index < -0.39 is 0 Å². The standard InChI is InChI=1S/C17H17BrO4/c1-20-15-8-13(14(19)10-18)9-16(21-2)17(15)22-11-12-6-4-3-5-7-12/h3-9H,10-11H2,1-2H3. The van der Waals surface area contributed by atoms with Gasteiger partial charge in [-0.05, 0) is 17.7 Å². The van der Waals surface area contributed by atoms with E-state index in [1.54, 1.807) is 12.1 Å². The van der Waals surface area contributed by atoms with Crippen LogP contribution >= 0.6 is 15.9 Å². The second-order valence-corrected chi connectivity index (χ2v) is 5.10. The fourth-order valence-corrected chi connectivity index (χ4v) is 2.31. The molecule has 116 valence electrons. The zero-order valence-corrected chi connectivity index (χ0v) is 14.1. The van der Waals surface area contributed by atoms with Crippen molar-refractivity contribution in [3.05, 3.63) is 53.6 Å². The quantitative estimate of drug-likeness (QED) is 0.552. The van der Waals surface area contributed by atoms with Crippen molar-refractivity contribution in [2.24, 2.45) is 0 Å². The molecule has 0 spiro atoms. The number of rotatable bonds is 7. The van der Waals surface area contributed by atoms with Gasteiger partial charge >= 0.3 is 0 Å². The van der Waals surface area contributed by atoms with E-state index in [2.05, 4.69) is 15.9 Å². The van der Waals surface area contributed by atoms with E-state index in [1.165, 1.54) is 14.2 Å². The maximum absolute atomic E-state index is 11.8. The van der Waals surface area contributed by atoms with Gasteiger partial charge in [0.15, 0.2) is 17.3 Å². The molecule has 0 saturated heterocycles. The van der Waals surface area contributed by atoms with Crippen LogP contribution in [0.1, 0.15) is 15.9 Å². The van der Waals surface area contributed by atoms with Crippen molar-refractivity contribution in [2.75, 3.05) is 19.5 Å². The van der Waals surface area contributed by atoms with E-state index in [0.717, 1.165) is 5.56 Å². The molecule has 5 heteroatoms. The number of hydrogen-bond donors (Lipinski definition) is 0. The monoisotopic (exact) mass is 364 g/mol. The van der Waals surface area contributed by atoms with Crippen LogP contribution in [0, 0.1) is 0 Å². The fourth-order valence-electron chi connectivity index (χ4n) is 1.99. The summed E-state index contributed by atoms with van der Waals surface area (Å²) in [6.45, 7) is 0.388. The highest BCUT2D eigenvalue weighted by molar-refractivity contribution is 9.09. The Hall–Kier alpha value is -2.01. The minimum Gasteiger partial charge on any atom is -0.493 e. The molecule has 0 heterocycles. The van der Waals surface area contributed by atoms with Crippen LogP contribution in [-0.4, -0.2) is 25.3 Å². The molecule has 0 aliphatic carbocycles. The van der Waals surface area contributed by atoms with Gasteiger partial charge in [-0.15, -0.1) is 0 Å². The van der Waals surface area contributed by atoms with Crippen LogP contribution in [0.3, 0.4) is 0 Å². The number of hydrogen-bond acceptors (Lipinski definition) is 4. The van der Waals surface area contributed by atoms with Crippen LogP contribution in [0.5, 0.6) is 17.2 Å². The summed E-state index contributed by atoms with van der Waals surface area (Å²) in [5, 5.41) is 0.240. The van der Waals surface area contributed by atoms with Crippen LogP contribution < -0.4 is 14.2 Å². The number of ether oxygens (including phenoxy) is 3. The molecular formula is C17H17BrO4. The minimum atomic E-state index is -0.0498. The number of halogens is 1. The van der Waals surface area contributed by atoms with E-state index in [9.17, 15) is 4.79 Å². The Morgan fingerprint density at radius 1 is 1.05 bits per heavy atom. The first-order chi connectivity index (χ1) is 10.7. The molecule has 0 unspecified atom stereocenters. The van der Waals surface area contributed by atoms with Crippen molar-refractivity contribution in [3.8, 4) is 17.2 Å². The van der Waals surface area contributed by atoms with Gasteiger partial charge in [-0.25, -0.2) is 0 Å². The van der Waals surface area contributed by atoms with Gasteiger partial charge in [0.05, 0.1) is 19.5 Å². The van der Waals surface area contributed by atoms with E-state index >= 15 is 0 Å². The Balaban J connectivity index is 2.31. The molecule has 0 amide bonds. The molecule has 2 aromatic rings. The summed E-state index contributed by atoms with van der Waals surface area (Å²) in [5.41, 5.74) is 1.55. The van der Waals surface area contributed by atoms with Gasteiger partial charge in [0, 0.05) is 5.56 Å². The van der Waals surface area contributed by atoms with Crippen molar-refractivity contribution in [1.82, 2.24) is 0 Å². The smallest absolute Gasteiger partial charge is 0.203 e. The number of Topliss-reactive ketones (excluding diaryl/α,β-unsaturated/α-hetero) is 1. The topological polar surface area (TPSA) is 44.8 Å². The summed E-state index contributed by atoms with van der Waals surface area (Å²) in [7, 11) is 3.07. The maximum atomic E-state index is 11.8. The summed E-state index contributed by atoms with van der Waals surface area (Å²) in [4.78, 5) is 11.8. The normalized spacial score (nSPS) is 10.1. The third-order valence-corrected chi connectivity index (χ3v) is 3.64. The molecule has 0 bridgehead atoms. The molecule has 0 fully saturated rings. The molecule has 0 radical (unpaired) electrons. The van der Waals surface area contributed by atoms with E-state index in [-0.39, 0.29) is 11.1 Å². The van der Waals surface area contributed by atoms with Crippen LogP contribution in [0.4, 0.5) is 0 Å². The van der Waals surface area contributed by atoms with E-state index in [0.29, 0.717) is 29.4 Å². The highest BCUT2D eigenvalue weighted by atomic mass is 79.9. The molecule has 0 saturated carbocycles. The number of carbonyl (C=O) groups is 1. The van der Waals surface area contributed by atoms with Crippen molar-refractivity contribution in [3.63, 3.8) is 0 Å². The molecule has 0 aliphatic heterocycles. The van der Waals surface area contributed by atoms with Gasteiger partial charge in [-0.1, -0.05) is 46.3 Å². The van der Waals surface area contributed by atoms with Gasteiger partial charge in [-0.2, -0.15) is 0 Å². The first-order valence-corrected chi connectivity index (χ1v) is 7.83. The Labute approximate surface area is 138 Å². The summed E-state index contributed by atoms with van der Waals surface area (Å²) in [5.74, 6) is 1.38. The number of methoxy groups -OCH3 is 2. The summed E-state index contributed by atoms with van der Waals surface area (Å²) in [6, 6.07) is 13.1. The van der Waals surface area contributed by atoms with Crippen LogP contribution in [0.25, 0.3) is 0 Å². The number of benzene rings is 2. The largest absolute Gasteiger partial charge is 0.493 e. The Morgan fingerprint density at radius 2 is 1.64 bits per heavy atom. The Kier molecular flexibility index (Phi) is 5.83. The zero-order valence-electron chi connectivity index (χ0n) is 12.5. The molecule has 0 N–H and O–H groups in total. The van der Waals surface area contributed by atoms with E-state index in [4.69, 9.17) is 14.2 Å². The average Bonchev–Trinajstić information content (AvgIpc) is 2.59. The molecular weight excluding hydrogens is 348 g/mol. The van der Waals surface area contributed by atoms with Crippen LogP contribution in [0.2, 0.25) is 0 Å². The second kappa shape index (κ2) is 7.84. The van der Waals surface area contributed by atoms with E-state index in [1.807, 2.05) is 30.3 Å². The molecule has 0 aromatic heterocycles. The van der Waals surface area contributed by atoms with Crippen LogP contribution in [-0.2, 0) is 6.61 Å². The van der Waals surface area contributed by atoms with Gasteiger partial charge in [0.25, 0.3) is 0 Å². The number of alkyl halides is 1. The molecule has 2 rings (SSSR count). The lowest BCUT2D eigenvalue weighted by atomic mass is 10.1. The lowest BCUT2D eigenvalue weighted by molar-refractivity contribution is 0.102. The van der Waals surface area contributed by atoms with Gasteiger partial charge in [0.2, 0.25) is 5.75 Å². The summed E-state index contributed by atoms with van der Waals surface area (Å²) >= 11 is 3.16. The third kappa shape index (κ3) is 3.80. The number of ketones is 1. The maximum Gasteiger partial charge on any atom is 0.203 e. The van der Waals surface area contributed by atoms with Crippen molar-refractivity contribution in [1.29, 1.82) is 0 Å². The molecule has 2 aromatic carbocycles. The molecule has 4 nitrogen and oxygen atoms in total. The van der Waals surface area contributed by atoms with Crippen molar-refractivity contribution in [2.45, 2.75) is 6.61 Å². The van der Waals surface area contributed by atoms with Crippen LogP contribution in [0.15, 0.2) is 42.5 Å². The zero-order chi connectivity index (χ0) is 15.9. The molecule has 0 aliphatic rings. The van der Waals surface area contributed by atoms with Gasteiger partial charge in [0.1, 0.15) is 6.61 Å². The summed E-state index contributed by atoms with van der Waals surface area (Å²) in [6.07, 6.45) is 0. The predicted octanol–water partition coefficient (Wildman–Crippen LogP) is 3.86. The third-order valence-electron chi connectivity index (χ3n) is 3.13. The number of carbonyl (C=O) groups excluding carboxylic acids is 1. The summed E-state index contributed by atoms with van der Waals surface area (Å²) < 4.78 is 16.5. The van der Waals surface area contributed by atoms with Crippen molar-refractivity contribution >= 4 is 21.7 Å². The van der Waals surface area contributed by atoms with Gasteiger partial charge in [-0.3, -0.25) is 4.79 Å². The first kappa shape index (κ1) is 16.4. The SMILES string of the molecule is COc1cc(C(=O)CBr)cc(OC)c1OCc1ccccc1. The predicted molar refractivity (Wildman–Crippen MR) is 88.4 cm³/mol. The van der Waals surface area contributed by atoms with Crippen molar-refractivity contribution < 1.29 is 19.0 Å². The molecule has 0 atom stereocenters. The lowest BCUT2D eigenvalue weighted by Gasteiger charge is -2.15. The highest BCUT2D eigenvalue weighted by Gasteiger charge is 2.17. The molecule has 22 heavy (non-hydrogen) atoms. The lowest BCUT2D eigenvalue weighted by Crippen LogP contribution is -2.05. The first-order valence-electron chi connectivity index (χ1n) is 6.71.